The number of hydrogen-bond acceptors (Lipinski definition) is 2. The molecule has 2 aromatic rings. The molecular weight excluding hydrogens is 262 g/mol. The van der Waals surface area contributed by atoms with Gasteiger partial charge in [-0.3, -0.25) is 0 Å². The van der Waals surface area contributed by atoms with Gasteiger partial charge in [0.1, 0.15) is 6.61 Å². The minimum absolute atomic E-state index is 0.0245. The monoisotopic (exact) mass is 281 g/mol. The highest BCUT2D eigenvalue weighted by atomic mass is 16.6. The zero-order chi connectivity index (χ0) is 14.9. The fraction of sp³-hybridized carbons (Fsp3) is 0.278. The molecule has 1 amide bonds. The summed E-state index contributed by atoms with van der Waals surface area (Å²) >= 11 is 0. The zero-order valence-electron chi connectivity index (χ0n) is 12.3. The number of ether oxygens (including phenoxy) is 1. The number of nitrogens with one attached hydrogen (secondary N) is 1. The van der Waals surface area contributed by atoms with Crippen molar-refractivity contribution >= 4 is 6.09 Å². The van der Waals surface area contributed by atoms with E-state index in [-0.39, 0.29) is 17.6 Å². The number of carbonyl (C=O) groups excluding carboxylic acids is 1. The van der Waals surface area contributed by atoms with Crippen LogP contribution in [-0.2, 0) is 4.74 Å². The van der Waals surface area contributed by atoms with Gasteiger partial charge in [-0.1, -0.05) is 68.4 Å². The van der Waals surface area contributed by atoms with Gasteiger partial charge in [0.2, 0.25) is 0 Å². The third-order valence-electron chi connectivity index (χ3n) is 3.97. The van der Waals surface area contributed by atoms with Crippen molar-refractivity contribution in [1.29, 1.82) is 0 Å². The van der Waals surface area contributed by atoms with Crippen LogP contribution in [0.1, 0.15) is 25.5 Å². The molecule has 3 nitrogen and oxygen atoms in total. The Bertz CT molecular complexity index is 632. The Morgan fingerprint density at radius 1 is 1.00 bits per heavy atom. The molecule has 1 atom stereocenters. The summed E-state index contributed by atoms with van der Waals surface area (Å²) in [5.74, 6) is 0. The van der Waals surface area contributed by atoms with Crippen molar-refractivity contribution in [2.75, 3.05) is 6.61 Å². The molecule has 0 aromatic heterocycles. The van der Waals surface area contributed by atoms with Crippen molar-refractivity contribution < 1.29 is 9.53 Å². The summed E-state index contributed by atoms with van der Waals surface area (Å²) in [5.41, 5.74) is 3.36. The Hall–Kier alpha value is -2.29. The predicted octanol–water partition coefficient (Wildman–Crippen LogP) is 4.16. The van der Waals surface area contributed by atoms with Gasteiger partial charge in [0.05, 0.1) is 6.04 Å². The average Bonchev–Trinajstić information content (AvgIpc) is 2.51. The predicted molar refractivity (Wildman–Crippen MR) is 82.9 cm³/mol. The van der Waals surface area contributed by atoms with Crippen molar-refractivity contribution in [2.24, 2.45) is 5.41 Å². The minimum atomic E-state index is -0.341. The molecule has 1 aliphatic rings. The molecule has 2 aromatic carbocycles. The summed E-state index contributed by atoms with van der Waals surface area (Å²) in [6, 6.07) is 18.6. The van der Waals surface area contributed by atoms with E-state index in [4.69, 9.17) is 4.74 Å². The van der Waals surface area contributed by atoms with Crippen molar-refractivity contribution in [3.63, 3.8) is 0 Å². The van der Waals surface area contributed by atoms with E-state index in [1.807, 2.05) is 18.2 Å². The van der Waals surface area contributed by atoms with Crippen LogP contribution < -0.4 is 5.32 Å². The van der Waals surface area contributed by atoms with Crippen LogP contribution >= 0.6 is 0 Å². The first kappa shape index (κ1) is 13.7. The third-order valence-corrected chi connectivity index (χ3v) is 3.97. The van der Waals surface area contributed by atoms with Gasteiger partial charge in [0.15, 0.2) is 0 Å². The lowest BCUT2D eigenvalue weighted by atomic mass is 9.80. The van der Waals surface area contributed by atoms with E-state index in [1.54, 1.807) is 0 Å². The highest BCUT2D eigenvalue weighted by molar-refractivity contribution is 5.69. The summed E-state index contributed by atoms with van der Waals surface area (Å²) in [7, 11) is 0. The summed E-state index contributed by atoms with van der Waals surface area (Å²) < 4.78 is 5.09. The first-order valence-corrected chi connectivity index (χ1v) is 7.15. The normalized spacial score (nSPS) is 20.5. The quantitative estimate of drug-likeness (QED) is 0.897. The van der Waals surface area contributed by atoms with E-state index in [2.05, 4.69) is 55.6 Å². The van der Waals surface area contributed by atoms with Crippen LogP contribution in [0.25, 0.3) is 11.1 Å². The summed E-state index contributed by atoms with van der Waals surface area (Å²) in [5, 5.41) is 2.92. The molecule has 1 aliphatic heterocycles. The number of hydrogen-bond donors (Lipinski definition) is 1. The summed E-state index contributed by atoms with van der Waals surface area (Å²) in [6.07, 6.45) is -0.341. The number of amides is 1. The second kappa shape index (κ2) is 5.24. The average molecular weight is 281 g/mol. The van der Waals surface area contributed by atoms with Gasteiger partial charge in [-0.15, -0.1) is 0 Å². The molecule has 1 N–H and O–H groups in total. The van der Waals surface area contributed by atoms with Gasteiger partial charge in [-0.05, 0) is 16.7 Å². The Morgan fingerprint density at radius 3 is 2.29 bits per heavy atom. The smallest absolute Gasteiger partial charge is 0.407 e. The van der Waals surface area contributed by atoms with E-state index >= 15 is 0 Å². The first-order valence-electron chi connectivity index (χ1n) is 7.15. The number of carbonyl (C=O) groups is 1. The molecule has 21 heavy (non-hydrogen) atoms. The highest BCUT2D eigenvalue weighted by Crippen LogP contribution is 2.36. The highest BCUT2D eigenvalue weighted by Gasteiger charge is 2.37. The number of cyclic esters (lactones) is 1. The van der Waals surface area contributed by atoms with Crippen LogP contribution in [0.4, 0.5) is 4.79 Å². The van der Waals surface area contributed by atoms with E-state index in [1.165, 1.54) is 11.1 Å². The molecule has 108 valence electrons. The lowest BCUT2D eigenvalue weighted by molar-refractivity contribution is 0.0387. The molecule has 1 fully saturated rings. The molecule has 0 bridgehead atoms. The second-order valence-corrected chi connectivity index (χ2v) is 6.13. The van der Waals surface area contributed by atoms with Crippen LogP contribution in [0.15, 0.2) is 54.6 Å². The van der Waals surface area contributed by atoms with Crippen LogP contribution in [0.2, 0.25) is 0 Å². The maximum absolute atomic E-state index is 11.5. The Morgan fingerprint density at radius 2 is 1.62 bits per heavy atom. The van der Waals surface area contributed by atoms with E-state index in [0.29, 0.717) is 6.61 Å². The van der Waals surface area contributed by atoms with Crippen LogP contribution in [0.3, 0.4) is 0 Å². The molecule has 0 aliphatic carbocycles. The third kappa shape index (κ3) is 2.77. The number of rotatable bonds is 2. The SMILES string of the molecule is CC1(C)COC(=O)N[C@H]1c1ccc(-c2ccccc2)cc1. The van der Waals surface area contributed by atoms with Crippen molar-refractivity contribution in [3.8, 4) is 11.1 Å². The largest absolute Gasteiger partial charge is 0.449 e. The number of alkyl carbamates (subject to hydrolysis) is 1. The van der Waals surface area contributed by atoms with Crippen LogP contribution in [0.5, 0.6) is 0 Å². The Labute approximate surface area is 124 Å². The van der Waals surface area contributed by atoms with Gasteiger partial charge < -0.3 is 10.1 Å². The maximum atomic E-state index is 11.5. The standard InChI is InChI=1S/C18H19NO2/c1-18(2)12-21-17(20)19-16(18)15-10-8-14(9-11-15)13-6-4-3-5-7-13/h3-11,16H,12H2,1-2H3,(H,19,20)/t16-/m0/s1. The minimum Gasteiger partial charge on any atom is -0.449 e. The molecule has 0 radical (unpaired) electrons. The molecule has 0 unspecified atom stereocenters. The summed E-state index contributed by atoms with van der Waals surface area (Å²) in [4.78, 5) is 11.5. The van der Waals surface area contributed by atoms with Crippen molar-refractivity contribution in [1.82, 2.24) is 5.32 Å². The molecule has 0 saturated carbocycles. The van der Waals surface area contributed by atoms with Crippen LogP contribution in [0, 0.1) is 5.41 Å². The lowest BCUT2D eigenvalue weighted by Crippen LogP contribution is -2.46. The summed E-state index contributed by atoms with van der Waals surface area (Å²) in [6.45, 7) is 4.63. The van der Waals surface area contributed by atoms with Crippen LogP contribution in [-0.4, -0.2) is 12.7 Å². The molecule has 3 rings (SSSR count). The van der Waals surface area contributed by atoms with Gasteiger partial charge in [0, 0.05) is 5.41 Å². The molecule has 0 spiro atoms. The van der Waals surface area contributed by atoms with Gasteiger partial charge in [-0.25, -0.2) is 4.79 Å². The van der Waals surface area contributed by atoms with Gasteiger partial charge in [-0.2, -0.15) is 0 Å². The zero-order valence-corrected chi connectivity index (χ0v) is 12.3. The van der Waals surface area contributed by atoms with E-state index in [9.17, 15) is 4.79 Å². The topological polar surface area (TPSA) is 38.3 Å². The second-order valence-electron chi connectivity index (χ2n) is 6.13. The fourth-order valence-electron chi connectivity index (χ4n) is 2.72. The fourth-order valence-corrected chi connectivity index (χ4v) is 2.72. The first-order chi connectivity index (χ1) is 10.1. The molecular formula is C18H19NO2. The van der Waals surface area contributed by atoms with Crippen molar-refractivity contribution in [3.05, 3.63) is 60.2 Å². The molecule has 1 heterocycles. The van der Waals surface area contributed by atoms with E-state index in [0.717, 1.165) is 5.56 Å². The Kier molecular flexibility index (Phi) is 3.42. The lowest BCUT2D eigenvalue weighted by Gasteiger charge is -2.38. The number of benzene rings is 2. The van der Waals surface area contributed by atoms with Gasteiger partial charge >= 0.3 is 6.09 Å². The van der Waals surface area contributed by atoms with Gasteiger partial charge in [0.25, 0.3) is 0 Å². The Balaban J connectivity index is 1.88. The molecule has 3 heteroatoms. The van der Waals surface area contributed by atoms with E-state index < -0.39 is 0 Å². The van der Waals surface area contributed by atoms with Crippen molar-refractivity contribution in [2.45, 2.75) is 19.9 Å². The molecule has 1 saturated heterocycles. The maximum Gasteiger partial charge on any atom is 0.407 e.